The summed E-state index contributed by atoms with van der Waals surface area (Å²) in [6.07, 6.45) is 1.98. The van der Waals surface area contributed by atoms with E-state index in [1.807, 2.05) is 0 Å². The molecule has 5 nitrogen and oxygen atoms in total. The van der Waals surface area contributed by atoms with Crippen LogP contribution >= 0.6 is 0 Å². The second kappa shape index (κ2) is 3.44. The molecule has 0 N–H and O–H groups in total. The summed E-state index contributed by atoms with van der Waals surface area (Å²) in [5, 5.41) is 0. The number of morpholine rings is 1. The largest absolute Gasteiger partial charge is 0.379 e. The minimum Gasteiger partial charge on any atom is -0.379 e. The molecular formula is C8H15NO4S. The van der Waals surface area contributed by atoms with Gasteiger partial charge in [-0.1, -0.05) is 0 Å². The van der Waals surface area contributed by atoms with E-state index in [1.54, 1.807) is 0 Å². The zero-order valence-corrected chi connectivity index (χ0v) is 9.05. The van der Waals surface area contributed by atoms with Crippen LogP contribution in [0.2, 0.25) is 0 Å². The van der Waals surface area contributed by atoms with E-state index in [-0.39, 0.29) is 0 Å². The number of nitrogens with zero attached hydrogens (tertiary/aromatic N) is 1. The van der Waals surface area contributed by atoms with Crippen LogP contribution in [0, 0.1) is 0 Å². The van der Waals surface area contributed by atoms with E-state index in [0.29, 0.717) is 33.0 Å². The van der Waals surface area contributed by atoms with Gasteiger partial charge in [0.15, 0.2) is 0 Å². The van der Waals surface area contributed by atoms with Crippen LogP contribution in [0.25, 0.3) is 0 Å². The van der Waals surface area contributed by atoms with Crippen LogP contribution in [0.15, 0.2) is 0 Å². The molecular weight excluding hydrogens is 206 g/mol. The predicted octanol–water partition coefficient (Wildman–Crippen LogP) is -0.563. The van der Waals surface area contributed by atoms with Crippen LogP contribution < -0.4 is 0 Å². The molecule has 0 aromatic carbocycles. The van der Waals surface area contributed by atoms with Gasteiger partial charge in [0.05, 0.1) is 31.6 Å². The molecule has 2 aliphatic heterocycles. The summed E-state index contributed by atoms with van der Waals surface area (Å²) in [5.74, 6) is 0. The quantitative estimate of drug-likeness (QED) is 0.595. The normalized spacial score (nSPS) is 35.2. The van der Waals surface area contributed by atoms with Gasteiger partial charge in [-0.15, -0.1) is 0 Å². The SMILES string of the molecule is CS(=O)(=O)N1CCOCC12CCOC2. The Balaban J connectivity index is 2.27. The smallest absolute Gasteiger partial charge is 0.211 e. The zero-order chi connectivity index (χ0) is 10.2. The minimum absolute atomic E-state index is 0.425. The van der Waals surface area contributed by atoms with Crippen molar-refractivity contribution in [1.82, 2.24) is 4.31 Å². The molecule has 1 spiro atoms. The second-order valence-corrected chi connectivity index (χ2v) is 5.82. The van der Waals surface area contributed by atoms with Gasteiger partial charge in [-0.05, 0) is 6.42 Å². The Morgan fingerprint density at radius 3 is 2.36 bits per heavy atom. The maximum Gasteiger partial charge on any atom is 0.211 e. The van der Waals surface area contributed by atoms with Crippen LogP contribution in [0.4, 0.5) is 0 Å². The van der Waals surface area contributed by atoms with Crippen LogP contribution in [0.3, 0.4) is 0 Å². The molecule has 2 heterocycles. The topological polar surface area (TPSA) is 55.8 Å². The minimum atomic E-state index is -3.14. The predicted molar refractivity (Wildman–Crippen MR) is 50.5 cm³/mol. The molecule has 0 aliphatic carbocycles. The van der Waals surface area contributed by atoms with Crippen LogP contribution in [-0.4, -0.2) is 57.5 Å². The molecule has 2 fully saturated rings. The monoisotopic (exact) mass is 221 g/mol. The number of rotatable bonds is 1. The first-order valence-electron chi connectivity index (χ1n) is 4.68. The summed E-state index contributed by atoms with van der Waals surface area (Å²) in [6.45, 7) is 2.46. The fourth-order valence-corrected chi connectivity index (χ4v) is 3.45. The fourth-order valence-electron chi connectivity index (χ4n) is 2.14. The third kappa shape index (κ3) is 1.67. The molecule has 1 unspecified atom stereocenters. The molecule has 14 heavy (non-hydrogen) atoms. The Labute approximate surface area is 84.0 Å². The highest BCUT2D eigenvalue weighted by Crippen LogP contribution is 2.31. The van der Waals surface area contributed by atoms with Gasteiger partial charge in [0, 0.05) is 13.2 Å². The maximum absolute atomic E-state index is 11.6. The highest BCUT2D eigenvalue weighted by molar-refractivity contribution is 7.88. The van der Waals surface area contributed by atoms with E-state index in [9.17, 15) is 8.42 Å². The number of hydrogen-bond donors (Lipinski definition) is 0. The van der Waals surface area contributed by atoms with Gasteiger partial charge in [0.2, 0.25) is 10.0 Å². The summed E-state index contributed by atoms with van der Waals surface area (Å²) in [7, 11) is -3.14. The van der Waals surface area contributed by atoms with E-state index in [2.05, 4.69) is 0 Å². The van der Waals surface area contributed by atoms with Gasteiger partial charge in [0.25, 0.3) is 0 Å². The Bertz CT molecular complexity index is 307. The zero-order valence-electron chi connectivity index (χ0n) is 8.23. The summed E-state index contributed by atoms with van der Waals surface area (Å²) < 4.78 is 35.3. The van der Waals surface area contributed by atoms with Crippen molar-refractivity contribution in [3.8, 4) is 0 Å². The summed E-state index contributed by atoms with van der Waals surface area (Å²) >= 11 is 0. The van der Waals surface area contributed by atoms with E-state index in [0.717, 1.165) is 6.42 Å². The van der Waals surface area contributed by atoms with Gasteiger partial charge in [-0.2, -0.15) is 4.31 Å². The third-order valence-corrected chi connectivity index (χ3v) is 4.19. The first-order valence-corrected chi connectivity index (χ1v) is 6.53. The van der Waals surface area contributed by atoms with Crippen LogP contribution in [0.5, 0.6) is 0 Å². The lowest BCUT2D eigenvalue weighted by molar-refractivity contribution is -0.0289. The number of hydrogen-bond acceptors (Lipinski definition) is 4. The first kappa shape index (κ1) is 10.4. The molecule has 0 aromatic rings. The van der Waals surface area contributed by atoms with Crippen molar-refractivity contribution >= 4 is 10.0 Å². The fraction of sp³-hybridized carbons (Fsp3) is 1.00. The lowest BCUT2D eigenvalue weighted by atomic mass is 9.99. The Hall–Kier alpha value is -0.170. The Kier molecular flexibility index (Phi) is 2.55. The molecule has 6 heteroatoms. The highest BCUT2D eigenvalue weighted by Gasteiger charge is 2.47. The van der Waals surface area contributed by atoms with Gasteiger partial charge in [0.1, 0.15) is 0 Å². The van der Waals surface area contributed by atoms with Crippen molar-refractivity contribution < 1.29 is 17.9 Å². The van der Waals surface area contributed by atoms with Gasteiger partial charge < -0.3 is 9.47 Å². The van der Waals surface area contributed by atoms with E-state index >= 15 is 0 Å². The van der Waals surface area contributed by atoms with Crippen molar-refractivity contribution in [2.75, 3.05) is 39.2 Å². The van der Waals surface area contributed by atoms with Crippen LogP contribution in [-0.2, 0) is 19.5 Å². The van der Waals surface area contributed by atoms with E-state index in [4.69, 9.17) is 9.47 Å². The van der Waals surface area contributed by atoms with Gasteiger partial charge in [-0.3, -0.25) is 0 Å². The Morgan fingerprint density at radius 1 is 1.21 bits per heavy atom. The molecule has 0 amide bonds. The molecule has 1 atom stereocenters. The third-order valence-electron chi connectivity index (χ3n) is 2.82. The number of ether oxygens (including phenoxy) is 2. The average molecular weight is 221 g/mol. The maximum atomic E-state index is 11.6. The molecule has 0 bridgehead atoms. The highest BCUT2D eigenvalue weighted by atomic mass is 32.2. The van der Waals surface area contributed by atoms with Crippen LogP contribution in [0.1, 0.15) is 6.42 Å². The van der Waals surface area contributed by atoms with E-state index < -0.39 is 15.6 Å². The molecule has 0 radical (unpaired) electrons. The molecule has 82 valence electrons. The van der Waals surface area contributed by atoms with E-state index in [1.165, 1.54) is 10.6 Å². The standard InChI is InChI=1S/C8H15NO4S/c1-14(10,11)9-3-5-13-7-8(9)2-4-12-6-8/h2-7H2,1H3. The second-order valence-electron chi connectivity index (χ2n) is 3.91. The summed E-state index contributed by atoms with van der Waals surface area (Å²) in [6, 6.07) is 0. The van der Waals surface area contributed by atoms with Crippen molar-refractivity contribution in [2.45, 2.75) is 12.0 Å². The van der Waals surface area contributed by atoms with Crippen molar-refractivity contribution in [3.05, 3.63) is 0 Å². The van der Waals surface area contributed by atoms with Gasteiger partial charge in [-0.25, -0.2) is 8.42 Å². The molecule has 2 aliphatic rings. The molecule has 0 aromatic heterocycles. The summed E-state index contributed by atoms with van der Waals surface area (Å²) in [4.78, 5) is 0. The first-order chi connectivity index (χ1) is 6.55. The average Bonchev–Trinajstić information content (AvgIpc) is 2.52. The van der Waals surface area contributed by atoms with Crippen molar-refractivity contribution in [1.29, 1.82) is 0 Å². The molecule has 2 rings (SSSR count). The van der Waals surface area contributed by atoms with Crippen molar-refractivity contribution in [3.63, 3.8) is 0 Å². The van der Waals surface area contributed by atoms with Gasteiger partial charge >= 0.3 is 0 Å². The summed E-state index contributed by atoms with van der Waals surface area (Å²) in [5.41, 5.74) is -0.425. The molecule has 2 saturated heterocycles. The van der Waals surface area contributed by atoms with Crippen molar-refractivity contribution in [2.24, 2.45) is 0 Å². The Morgan fingerprint density at radius 2 is 1.86 bits per heavy atom. The lowest BCUT2D eigenvalue weighted by Crippen LogP contribution is -2.59. The molecule has 0 saturated carbocycles. The lowest BCUT2D eigenvalue weighted by Gasteiger charge is -2.41. The number of sulfonamides is 1.